The molecule has 212 valence electrons. The van der Waals surface area contributed by atoms with Gasteiger partial charge in [-0.3, -0.25) is 14.5 Å². The molecule has 2 heterocycles. The van der Waals surface area contributed by atoms with Crippen LogP contribution in [0.5, 0.6) is 0 Å². The van der Waals surface area contributed by atoms with Crippen molar-refractivity contribution in [2.45, 2.75) is 63.1 Å². The van der Waals surface area contributed by atoms with E-state index in [1.54, 1.807) is 4.90 Å². The van der Waals surface area contributed by atoms with Gasteiger partial charge in [-0.15, -0.1) is 0 Å². The highest BCUT2D eigenvalue weighted by molar-refractivity contribution is 5.85. The van der Waals surface area contributed by atoms with Crippen LogP contribution in [0.1, 0.15) is 30.9 Å². The molecule has 2 aliphatic rings. The number of likely N-dealkylation sites (tertiary alicyclic amines) is 1. The molecule has 2 amide bonds. The molecule has 0 spiro atoms. The van der Waals surface area contributed by atoms with Gasteiger partial charge in [0.05, 0.1) is 24.3 Å². The third-order valence-corrected chi connectivity index (χ3v) is 7.37. The smallest absolute Gasteiger partial charge is 0.242 e. The van der Waals surface area contributed by atoms with Crippen molar-refractivity contribution in [1.82, 2.24) is 20.4 Å². The zero-order valence-electron chi connectivity index (χ0n) is 22.5. The van der Waals surface area contributed by atoms with Crippen LogP contribution < -0.4 is 10.6 Å². The van der Waals surface area contributed by atoms with E-state index in [0.717, 1.165) is 18.1 Å². The third-order valence-electron chi connectivity index (χ3n) is 7.37. The number of carbonyl (C=O) groups is 2. The first-order valence-corrected chi connectivity index (χ1v) is 13.6. The van der Waals surface area contributed by atoms with Crippen LogP contribution in [0.3, 0.4) is 0 Å². The Labute approximate surface area is 228 Å². The number of benzene rings is 2. The monoisotopic (exact) mass is 544 g/mol. The first-order chi connectivity index (χ1) is 18.7. The second-order valence-corrected chi connectivity index (χ2v) is 10.4. The fourth-order valence-corrected chi connectivity index (χ4v) is 5.39. The summed E-state index contributed by atoms with van der Waals surface area (Å²) in [4.78, 5) is 30.4. The van der Waals surface area contributed by atoms with Crippen LogP contribution in [-0.4, -0.2) is 90.3 Å². The normalized spacial score (nSPS) is 23.6. The number of likely N-dealkylation sites (N-methyl/N-ethyl adjacent to an activating group) is 1. The number of aliphatic hydroxyl groups excluding tert-OH is 1. The quantitative estimate of drug-likeness (QED) is 0.400. The number of carbonyl (C=O) groups excluding carboxylic acids is 2. The molecule has 2 aromatic carbocycles. The van der Waals surface area contributed by atoms with E-state index in [9.17, 15) is 23.5 Å². The molecule has 0 bridgehead atoms. The predicted molar refractivity (Wildman–Crippen MR) is 143 cm³/mol. The summed E-state index contributed by atoms with van der Waals surface area (Å²) < 4.78 is 33.8. The summed E-state index contributed by atoms with van der Waals surface area (Å²) in [6, 6.07) is 10.2. The molecular weight excluding hydrogens is 506 g/mol. The molecule has 2 saturated heterocycles. The van der Waals surface area contributed by atoms with Gasteiger partial charge in [0.1, 0.15) is 17.7 Å². The van der Waals surface area contributed by atoms with Gasteiger partial charge in [-0.2, -0.15) is 0 Å². The minimum Gasteiger partial charge on any atom is -0.389 e. The van der Waals surface area contributed by atoms with Crippen molar-refractivity contribution in [3.8, 4) is 0 Å². The fourth-order valence-electron chi connectivity index (χ4n) is 5.39. The van der Waals surface area contributed by atoms with Gasteiger partial charge in [0.25, 0.3) is 0 Å². The number of rotatable bonds is 11. The Morgan fingerprint density at radius 2 is 1.90 bits per heavy atom. The maximum absolute atomic E-state index is 14.0. The number of amides is 2. The van der Waals surface area contributed by atoms with E-state index in [-0.39, 0.29) is 29.9 Å². The number of hydrogen-bond donors (Lipinski definition) is 3. The highest BCUT2D eigenvalue weighted by Crippen LogP contribution is 2.21. The summed E-state index contributed by atoms with van der Waals surface area (Å²) in [5.41, 5.74) is 1.23. The van der Waals surface area contributed by atoms with Crippen LogP contribution in [0.25, 0.3) is 0 Å². The number of ether oxygens (including phenoxy) is 1. The molecule has 0 aromatic heterocycles. The molecule has 1 unspecified atom stereocenters. The third kappa shape index (κ3) is 7.60. The molecule has 0 aliphatic carbocycles. The molecule has 4 rings (SSSR count). The summed E-state index contributed by atoms with van der Waals surface area (Å²) in [5.74, 6) is -2.13. The van der Waals surface area contributed by atoms with Crippen molar-refractivity contribution in [3.63, 3.8) is 0 Å². The van der Waals surface area contributed by atoms with Crippen molar-refractivity contribution in [1.29, 1.82) is 0 Å². The number of nitrogens with zero attached hydrogens (tertiary/aromatic N) is 2. The number of piperazine rings is 1. The SMILES string of the molecule is CCCO[C@H]1CC(C(=O)N[C@@H](Cc2cc(F)cc(F)c2)[C@H](O)[C@@H]2NCCN(Cc3ccccc3)C2=O)N(C)C1. The topological polar surface area (TPSA) is 94.1 Å². The minimum absolute atomic E-state index is 0.0576. The van der Waals surface area contributed by atoms with E-state index in [1.165, 1.54) is 12.1 Å². The number of halogens is 2. The lowest BCUT2D eigenvalue weighted by atomic mass is 9.93. The molecular formula is C29H38F2N4O4. The average Bonchev–Trinajstić information content (AvgIpc) is 3.28. The molecule has 3 N–H and O–H groups in total. The number of aliphatic hydroxyl groups is 1. The van der Waals surface area contributed by atoms with Crippen LogP contribution in [0, 0.1) is 11.6 Å². The lowest BCUT2D eigenvalue weighted by Gasteiger charge is -2.38. The van der Waals surface area contributed by atoms with E-state index in [4.69, 9.17) is 4.74 Å². The largest absolute Gasteiger partial charge is 0.389 e. The van der Waals surface area contributed by atoms with E-state index in [0.29, 0.717) is 39.2 Å². The van der Waals surface area contributed by atoms with E-state index < -0.39 is 35.9 Å². The minimum atomic E-state index is -1.34. The fraction of sp³-hybridized carbons (Fsp3) is 0.517. The molecule has 5 atom stereocenters. The predicted octanol–water partition coefficient (Wildman–Crippen LogP) is 1.85. The zero-order chi connectivity index (χ0) is 27.9. The van der Waals surface area contributed by atoms with Crippen molar-refractivity contribution in [2.24, 2.45) is 0 Å². The van der Waals surface area contributed by atoms with E-state index in [2.05, 4.69) is 10.6 Å². The first kappa shape index (κ1) is 29.1. The molecule has 10 heteroatoms. The van der Waals surface area contributed by atoms with Gasteiger partial charge in [-0.1, -0.05) is 37.3 Å². The van der Waals surface area contributed by atoms with Crippen LogP contribution in [-0.2, 0) is 27.3 Å². The Hall–Kier alpha value is -2.92. The second kappa shape index (κ2) is 13.4. The molecule has 8 nitrogen and oxygen atoms in total. The van der Waals surface area contributed by atoms with Gasteiger partial charge in [0.15, 0.2) is 0 Å². The zero-order valence-corrected chi connectivity index (χ0v) is 22.5. The van der Waals surface area contributed by atoms with Crippen molar-refractivity contribution < 1.29 is 28.2 Å². The van der Waals surface area contributed by atoms with Gasteiger partial charge >= 0.3 is 0 Å². The summed E-state index contributed by atoms with van der Waals surface area (Å²) in [7, 11) is 1.83. The standard InChI is InChI=1S/C29H38F2N4O4/c1-3-11-39-23-16-25(34(2)18-23)28(37)33-24(14-20-12-21(30)15-22(31)13-20)27(36)26-29(38)35(10-9-32-26)17-19-7-5-4-6-8-19/h4-8,12-13,15,23-27,32,36H,3,9-11,14,16-18H2,1-2H3,(H,33,37)/t23-,24-,25?,26-,27-/m0/s1. The van der Waals surface area contributed by atoms with Gasteiger partial charge in [0.2, 0.25) is 11.8 Å². The Bertz CT molecular complexity index is 1100. The Balaban J connectivity index is 1.51. The molecule has 0 radical (unpaired) electrons. The van der Waals surface area contributed by atoms with Crippen molar-refractivity contribution in [2.75, 3.05) is 33.3 Å². The Morgan fingerprint density at radius 1 is 1.18 bits per heavy atom. The highest BCUT2D eigenvalue weighted by atomic mass is 19.1. The van der Waals surface area contributed by atoms with Crippen molar-refractivity contribution in [3.05, 3.63) is 71.3 Å². The van der Waals surface area contributed by atoms with Crippen LogP contribution in [0.4, 0.5) is 8.78 Å². The lowest BCUT2D eigenvalue weighted by molar-refractivity contribution is -0.141. The summed E-state index contributed by atoms with van der Waals surface area (Å²) in [6.07, 6.45) is -0.118. The summed E-state index contributed by atoms with van der Waals surface area (Å²) >= 11 is 0. The second-order valence-electron chi connectivity index (χ2n) is 10.4. The van der Waals surface area contributed by atoms with Gasteiger partial charge in [-0.05, 0) is 49.6 Å². The number of nitrogens with one attached hydrogen (secondary N) is 2. The highest BCUT2D eigenvalue weighted by Gasteiger charge is 2.41. The van der Waals surface area contributed by atoms with Crippen LogP contribution >= 0.6 is 0 Å². The van der Waals surface area contributed by atoms with Gasteiger partial charge in [-0.25, -0.2) is 8.78 Å². The Kier molecular flexibility index (Phi) is 10.0. The summed E-state index contributed by atoms with van der Waals surface area (Å²) in [6.45, 7) is 4.53. The summed E-state index contributed by atoms with van der Waals surface area (Å²) in [5, 5.41) is 17.4. The van der Waals surface area contributed by atoms with Crippen LogP contribution in [0.2, 0.25) is 0 Å². The van der Waals surface area contributed by atoms with Crippen LogP contribution in [0.15, 0.2) is 48.5 Å². The van der Waals surface area contributed by atoms with Gasteiger partial charge < -0.3 is 25.4 Å². The van der Waals surface area contributed by atoms with Gasteiger partial charge in [0, 0.05) is 38.9 Å². The van der Waals surface area contributed by atoms with Crippen molar-refractivity contribution >= 4 is 11.8 Å². The number of hydrogen-bond acceptors (Lipinski definition) is 6. The lowest BCUT2D eigenvalue weighted by Crippen LogP contribution is -2.64. The molecule has 2 aromatic rings. The average molecular weight is 545 g/mol. The first-order valence-electron chi connectivity index (χ1n) is 13.6. The molecule has 0 saturated carbocycles. The molecule has 39 heavy (non-hydrogen) atoms. The Morgan fingerprint density at radius 3 is 2.59 bits per heavy atom. The van der Waals surface area contributed by atoms with E-state index in [1.807, 2.05) is 49.2 Å². The maximum atomic E-state index is 14.0. The molecule has 2 aliphatic heterocycles. The molecule has 2 fully saturated rings. The maximum Gasteiger partial charge on any atom is 0.242 e. The van der Waals surface area contributed by atoms with E-state index >= 15 is 0 Å².